The third-order valence-corrected chi connectivity index (χ3v) is 4.02. The van der Waals surface area contributed by atoms with Crippen LogP contribution in [0.2, 0.25) is 10.0 Å². The highest BCUT2D eigenvalue weighted by Crippen LogP contribution is 2.26. The number of rotatable bonds is 5. The minimum Gasteiger partial charge on any atom is -0.441 e. The molecular formula is C18H13Cl2FN2O2. The van der Waals surface area contributed by atoms with Gasteiger partial charge in [0, 0.05) is 23.4 Å². The van der Waals surface area contributed by atoms with Crippen LogP contribution in [0.25, 0.3) is 11.3 Å². The Balaban J connectivity index is 1.59. The highest BCUT2D eigenvalue weighted by Gasteiger charge is 2.11. The van der Waals surface area contributed by atoms with Gasteiger partial charge in [-0.25, -0.2) is 9.37 Å². The molecule has 0 saturated carbocycles. The molecule has 0 aliphatic carbocycles. The number of aryl methyl sites for hydroxylation is 1. The van der Waals surface area contributed by atoms with E-state index in [-0.39, 0.29) is 18.1 Å². The summed E-state index contributed by atoms with van der Waals surface area (Å²) in [7, 11) is 0. The van der Waals surface area contributed by atoms with Gasteiger partial charge in [-0.1, -0.05) is 23.2 Å². The summed E-state index contributed by atoms with van der Waals surface area (Å²) in [6, 6.07) is 10.7. The zero-order valence-electron chi connectivity index (χ0n) is 12.9. The van der Waals surface area contributed by atoms with Gasteiger partial charge in [-0.2, -0.15) is 0 Å². The maximum atomic E-state index is 12.9. The lowest BCUT2D eigenvalue weighted by molar-refractivity contribution is -0.116. The lowest BCUT2D eigenvalue weighted by Crippen LogP contribution is -2.12. The predicted molar refractivity (Wildman–Crippen MR) is 95.3 cm³/mol. The Morgan fingerprint density at radius 2 is 1.92 bits per heavy atom. The molecule has 4 nitrogen and oxygen atoms in total. The first-order chi connectivity index (χ1) is 12.0. The number of anilines is 1. The molecule has 0 spiro atoms. The Kier molecular flexibility index (Phi) is 5.36. The summed E-state index contributed by atoms with van der Waals surface area (Å²) in [6.07, 6.45) is 2.05. The van der Waals surface area contributed by atoms with Crippen LogP contribution in [-0.4, -0.2) is 10.9 Å². The lowest BCUT2D eigenvalue weighted by atomic mass is 10.2. The van der Waals surface area contributed by atoms with Gasteiger partial charge in [-0.05, 0) is 42.5 Å². The average Bonchev–Trinajstić information content (AvgIpc) is 3.06. The second-order valence-electron chi connectivity index (χ2n) is 5.30. The van der Waals surface area contributed by atoms with Crippen molar-refractivity contribution in [1.82, 2.24) is 4.98 Å². The molecule has 0 radical (unpaired) electrons. The van der Waals surface area contributed by atoms with Gasteiger partial charge in [0.25, 0.3) is 0 Å². The summed E-state index contributed by atoms with van der Waals surface area (Å²) in [5, 5.41) is 3.59. The number of aromatic nitrogens is 1. The monoisotopic (exact) mass is 378 g/mol. The van der Waals surface area contributed by atoms with E-state index in [4.69, 9.17) is 27.6 Å². The van der Waals surface area contributed by atoms with Gasteiger partial charge in [0.2, 0.25) is 5.91 Å². The highest BCUT2D eigenvalue weighted by molar-refractivity contribution is 6.35. The van der Waals surface area contributed by atoms with Crippen molar-refractivity contribution in [1.29, 1.82) is 0 Å². The maximum absolute atomic E-state index is 12.9. The number of nitrogens with zero attached hydrogens (tertiary/aromatic N) is 1. The van der Waals surface area contributed by atoms with Crippen LogP contribution in [0.5, 0.6) is 0 Å². The quantitative estimate of drug-likeness (QED) is 0.650. The van der Waals surface area contributed by atoms with E-state index < -0.39 is 0 Å². The molecule has 0 saturated heterocycles. The normalized spacial score (nSPS) is 10.7. The van der Waals surface area contributed by atoms with Gasteiger partial charge in [0.05, 0.1) is 16.9 Å². The Labute approximate surface area is 153 Å². The Bertz CT molecular complexity index is 894. The van der Waals surface area contributed by atoms with Crippen molar-refractivity contribution in [2.24, 2.45) is 0 Å². The van der Waals surface area contributed by atoms with E-state index in [1.54, 1.807) is 36.5 Å². The van der Waals surface area contributed by atoms with Crippen LogP contribution in [0.3, 0.4) is 0 Å². The van der Waals surface area contributed by atoms with Gasteiger partial charge < -0.3 is 9.73 Å². The molecule has 0 aliphatic rings. The van der Waals surface area contributed by atoms with Crippen LogP contribution in [0, 0.1) is 5.82 Å². The smallest absolute Gasteiger partial charge is 0.224 e. The number of hydrogen-bond acceptors (Lipinski definition) is 3. The van der Waals surface area contributed by atoms with Crippen molar-refractivity contribution in [3.63, 3.8) is 0 Å². The van der Waals surface area contributed by atoms with E-state index in [2.05, 4.69) is 10.3 Å². The van der Waals surface area contributed by atoms with Gasteiger partial charge >= 0.3 is 0 Å². The number of oxazole rings is 1. The molecule has 1 heterocycles. The number of nitrogens with one attached hydrogen (secondary N) is 1. The van der Waals surface area contributed by atoms with Gasteiger partial charge in [-0.3, -0.25) is 4.79 Å². The molecule has 2 aromatic carbocycles. The molecule has 1 amide bonds. The van der Waals surface area contributed by atoms with E-state index in [9.17, 15) is 9.18 Å². The predicted octanol–water partition coefficient (Wildman–Crippen LogP) is 5.36. The largest absolute Gasteiger partial charge is 0.441 e. The van der Waals surface area contributed by atoms with Crippen molar-refractivity contribution in [2.45, 2.75) is 12.8 Å². The zero-order chi connectivity index (χ0) is 17.8. The number of carbonyl (C=O) groups excluding carboxylic acids is 1. The first kappa shape index (κ1) is 17.5. The van der Waals surface area contributed by atoms with Gasteiger partial charge in [0.1, 0.15) is 5.82 Å². The molecule has 0 unspecified atom stereocenters. The summed E-state index contributed by atoms with van der Waals surface area (Å²) in [5.74, 6) is 0.394. The molecule has 0 fully saturated rings. The Morgan fingerprint density at radius 3 is 2.68 bits per heavy atom. The standard InChI is InChI=1S/C18H13Cl2FN2O2/c19-12-3-6-14(20)15(9-12)23-17(24)7-8-18-22-10-16(25-18)11-1-4-13(21)5-2-11/h1-6,9-10H,7-8H2,(H,23,24). The van der Waals surface area contributed by atoms with Crippen molar-refractivity contribution < 1.29 is 13.6 Å². The molecule has 3 rings (SSSR count). The van der Waals surface area contributed by atoms with Crippen LogP contribution in [-0.2, 0) is 11.2 Å². The van der Waals surface area contributed by atoms with Gasteiger partial charge in [0.15, 0.2) is 11.7 Å². The van der Waals surface area contributed by atoms with E-state index in [1.807, 2.05) is 0 Å². The number of hydrogen-bond donors (Lipinski definition) is 1. The van der Waals surface area contributed by atoms with Crippen molar-refractivity contribution in [3.05, 3.63) is 70.4 Å². The summed E-state index contributed by atoms with van der Waals surface area (Å²) >= 11 is 11.9. The van der Waals surface area contributed by atoms with E-state index in [1.165, 1.54) is 12.1 Å². The minimum atomic E-state index is -0.320. The molecular weight excluding hydrogens is 366 g/mol. The lowest BCUT2D eigenvalue weighted by Gasteiger charge is -2.06. The van der Waals surface area contributed by atoms with E-state index in [0.717, 1.165) is 5.56 Å². The maximum Gasteiger partial charge on any atom is 0.224 e. The molecule has 0 aliphatic heterocycles. The van der Waals surface area contributed by atoms with Crippen molar-refractivity contribution in [2.75, 3.05) is 5.32 Å². The van der Waals surface area contributed by atoms with Crippen LogP contribution in [0.1, 0.15) is 12.3 Å². The number of amides is 1. The fourth-order valence-electron chi connectivity index (χ4n) is 2.20. The molecule has 25 heavy (non-hydrogen) atoms. The summed E-state index contributed by atoms with van der Waals surface area (Å²) in [6.45, 7) is 0. The molecule has 0 bridgehead atoms. The first-order valence-electron chi connectivity index (χ1n) is 7.47. The summed E-state index contributed by atoms with van der Waals surface area (Å²) < 4.78 is 18.5. The summed E-state index contributed by atoms with van der Waals surface area (Å²) in [5.41, 5.74) is 1.17. The fourth-order valence-corrected chi connectivity index (χ4v) is 2.54. The number of halogens is 3. The van der Waals surface area contributed by atoms with Crippen LogP contribution in [0.4, 0.5) is 10.1 Å². The molecule has 3 aromatic rings. The fraction of sp³-hybridized carbons (Fsp3) is 0.111. The zero-order valence-corrected chi connectivity index (χ0v) is 14.4. The Hall–Kier alpha value is -2.37. The van der Waals surface area contributed by atoms with Crippen LogP contribution < -0.4 is 5.32 Å². The molecule has 1 aromatic heterocycles. The minimum absolute atomic E-state index is 0.173. The van der Waals surface area contributed by atoms with Gasteiger partial charge in [-0.15, -0.1) is 0 Å². The van der Waals surface area contributed by atoms with Crippen LogP contribution in [0.15, 0.2) is 53.1 Å². The summed E-state index contributed by atoms with van der Waals surface area (Å²) in [4.78, 5) is 16.2. The SMILES string of the molecule is O=C(CCc1ncc(-c2ccc(F)cc2)o1)Nc1cc(Cl)ccc1Cl. The second kappa shape index (κ2) is 7.68. The third-order valence-electron chi connectivity index (χ3n) is 3.45. The molecule has 1 N–H and O–H groups in total. The second-order valence-corrected chi connectivity index (χ2v) is 6.14. The average molecular weight is 379 g/mol. The van der Waals surface area contributed by atoms with E-state index in [0.29, 0.717) is 33.8 Å². The highest BCUT2D eigenvalue weighted by atomic mass is 35.5. The molecule has 128 valence electrons. The topological polar surface area (TPSA) is 55.1 Å². The van der Waals surface area contributed by atoms with Crippen LogP contribution >= 0.6 is 23.2 Å². The number of benzene rings is 2. The first-order valence-corrected chi connectivity index (χ1v) is 8.22. The molecule has 0 atom stereocenters. The van der Waals surface area contributed by atoms with E-state index >= 15 is 0 Å². The molecule has 7 heteroatoms. The third kappa shape index (κ3) is 4.59. The van der Waals surface area contributed by atoms with Crippen molar-refractivity contribution in [3.8, 4) is 11.3 Å². The van der Waals surface area contributed by atoms with Crippen molar-refractivity contribution >= 4 is 34.8 Å². The Morgan fingerprint density at radius 1 is 1.16 bits per heavy atom. The number of carbonyl (C=O) groups is 1.